The van der Waals surface area contributed by atoms with Gasteiger partial charge in [-0.15, -0.1) is 0 Å². The maximum atomic E-state index is 12.9. The van der Waals surface area contributed by atoms with E-state index in [1.54, 1.807) is 28.1 Å². The Labute approximate surface area is 198 Å². The number of carbonyl (C=O) groups is 1. The van der Waals surface area contributed by atoms with Gasteiger partial charge in [-0.3, -0.25) is 4.79 Å². The first-order valence-corrected chi connectivity index (χ1v) is 13.0. The van der Waals surface area contributed by atoms with Crippen LogP contribution in [0.5, 0.6) is 11.5 Å². The molecule has 0 bridgehead atoms. The van der Waals surface area contributed by atoms with E-state index < -0.39 is 15.9 Å². The number of fused-ring (bicyclic) bond motifs is 1. The molecular weight excluding hydrogens is 462 g/mol. The zero-order chi connectivity index (χ0) is 24.2. The van der Waals surface area contributed by atoms with Crippen molar-refractivity contribution in [2.45, 2.75) is 38.6 Å². The summed E-state index contributed by atoms with van der Waals surface area (Å²) in [6.45, 7) is 7.08. The smallest absolute Gasteiger partial charge is 0.279 e. The maximum Gasteiger partial charge on any atom is 0.279 e. The highest BCUT2D eigenvalue weighted by molar-refractivity contribution is 7.89. The quantitative estimate of drug-likeness (QED) is 0.453. The molecule has 0 N–H and O–H groups in total. The summed E-state index contributed by atoms with van der Waals surface area (Å²) in [5.74, 6) is 0.783. The van der Waals surface area contributed by atoms with Crippen molar-refractivity contribution in [3.63, 3.8) is 0 Å². The van der Waals surface area contributed by atoms with Crippen LogP contribution in [-0.4, -0.2) is 50.5 Å². The van der Waals surface area contributed by atoms with E-state index in [9.17, 15) is 13.2 Å². The van der Waals surface area contributed by atoms with Gasteiger partial charge in [-0.1, -0.05) is 32.1 Å². The van der Waals surface area contributed by atoms with Gasteiger partial charge >= 0.3 is 0 Å². The number of hydrogen-bond acceptors (Lipinski definition) is 6. The van der Waals surface area contributed by atoms with Gasteiger partial charge in [-0.2, -0.15) is 9.30 Å². The molecule has 0 fully saturated rings. The number of sulfonamides is 1. The Bertz CT molecular complexity index is 1300. The first-order valence-electron chi connectivity index (χ1n) is 10.7. The summed E-state index contributed by atoms with van der Waals surface area (Å²) in [6, 6.07) is 9.68. The largest absolute Gasteiger partial charge is 0.493 e. The molecule has 0 atom stereocenters. The predicted octanol–water partition coefficient (Wildman–Crippen LogP) is 3.90. The van der Waals surface area contributed by atoms with Crippen molar-refractivity contribution in [2.75, 3.05) is 27.3 Å². The van der Waals surface area contributed by atoms with E-state index in [1.807, 2.05) is 16.7 Å². The first kappa shape index (κ1) is 24.9. The van der Waals surface area contributed by atoms with Crippen molar-refractivity contribution >= 4 is 37.5 Å². The summed E-state index contributed by atoms with van der Waals surface area (Å²) in [5.41, 5.74) is 1.23. The van der Waals surface area contributed by atoms with Gasteiger partial charge in [0.1, 0.15) is 0 Å². The van der Waals surface area contributed by atoms with Gasteiger partial charge in [0.05, 0.1) is 29.3 Å². The van der Waals surface area contributed by atoms with Crippen molar-refractivity contribution in [3.8, 4) is 11.5 Å². The number of hydrogen-bond donors (Lipinski definition) is 0. The molecule has 1 aromatic heterocycles. The number of aromatic nitrogens is 1. The number of amides is 1. The van der Waals surface area contributed by atoms with Crippen molar-refractivity contribution in [1.29, 1.82) is 0 Å². The fourth-order valence-corrected chi connectivity index (χ4v) is 6.08. The summed E-state index contributed by atoms with van der Waals surface area (Å²) in [4.78, 5) is 18.0. The van der Waals surface area contributed by atoms with Crippen LogP contribution in [0.2, 0.25) is 0 Å². The lowest BCUT2D eigenvalue weighted by Gasteiger charge is -2.18. The molecule has 2 aromatic carbocycles. The first-order chi connectivity index (χ1) is 15.8. The number of thiazole rings is 1. The molecule has 3 aromatic rings. The van der Waals surface area contributed by atoms with E-state index in [1.165, 1.54) is 39.9 Å². The molecule has 0 saturated heterocycles. The van der Waals surface area contributed by atoms with Crippen LogP contribution in [0.15, 0.2) is 46.3 Å². The number of rotatable bonds is 9. The van der Waals surface area contributed by atoms with Crippen LogP contribution >= 0.6 is 11.3 Å². The number of ether oxygens (including phenoxy) is 2. The molecule has 1 amide bonds. The van der Waals surface area contributed by atoms with Crippen molar-refractivity contribution in [3.05, 3.63) is 46.8 Å². The third-order valence-corrected chi connectivity index (χ3v) is 8.38. The van der Waals surface area contributed by atoms with E-state index >= 15 is 0 Å². The minimum atomic E-state index is -3.58. The lowest BCUT2D eigenvalue weighted by atomic mass is 10.2. The van der Waals surface area contributed by atoms with Gasteiger partial charge < -0.3 is 14.0 Å². The van der Waals surface area contributed by atoms with Gasteiger partial charge in [0, 0.05) is 37.3 Å². The molecule has 3 rings (SSSR count). The Morgan fingerprint density at radius 1 is 1.03 bits per heavy atom. The van der Waals surface area contributed by atoms with Crippen LogP contribution in [0.4, 0.5) is 0 Å². The highest BCUT2D eigenvalue weighted by atomic mass is 32.2. The SMILES string of the molecule is CCCn1c(=NC(=O)c2ccc(S(=O)(=O)N(CC)CC)cc2)sc2cc(OC)c(OC)cc21. The number of benzene rings is 2. The predicted molar refractivity (Wildman–Crippen MR) is 130 cm³/mol. The minimum Gasteiger partial charge on any atom is -0.493 e. The molecule has 0 radical (unpaired) electrons. The molecule has 0 spiro atoms. The van der Waals surface area contributed by atoms with Gasteiger partial charge in [0.2, 0.25) is 10.0 Å². The maximum absolute atomic E-state index is 12.9. The Kier molecular flexibility index (Phi) is 7.93. The molecule has 178 valence electrons. The molecular formula is C23H29N3O5S2. The van der Waals surface area contributed by atoms with Crippen LogP contribution in [0.3, 0.4) is 0 Å². The van der Waals surface area contributed by atoms with Crippen LogP contribution in [0, 0.1) is 0 Å². The van der Waals surface area contributed by atoms with Crippen LogP contribution < -0.4 is 14.3 Å². The standard InChI is InChI=1S/C23H29N3O5S2/c1-6-13-26-18-14-19(30-4)20(31-5)15-21(18)32-23(26)24-22(27)16-9-11-17(12-10-16)33(28,29)25(7-2)8-3/h9-12,14-15H,6-8,13H2,1-5H3. The van der Waals surface area contributed by atoms with Gasteiger partial charge in [-0.25, -0.2) is 8.42 Å². The van der Waals surface area contributed by atoms with E-state index in [0.29, 0.717) is 41.5 Å². The monoisotopic (exact) mass is 491 g/mol. The van der Waals surface area contributed by atoms with Crippen molar-refractivity contribution < 1.29 is 22.7 Å². The fourth-order valence-electron chi connectivity index (χ4n) is 3.56. The topological polar surface area (TPSA) is 90.2 Å². The number of carbonyl (C=O) groups excluding carboxylic acids is 1. The normalized spacial score (nSPS) is 12.5. The number of aryl methyl sites for hydroxylation is 1. The molecule has 0 saturated carbocycles. The lowest BCUT2D eigenvalue weighted by molar-refractivity contribution is 0.0997. The summed E-state index contributed by atoms with van der Waals surface area (Å²) in [6.07, 6.45) is 0.861. The van der Waals surface area contributed by atoms with Crippen LogP contribution in [0.25, 0.3) is 10.2 Å². The lowest BCUT2D eigenvalue weighted by Crippen LogP contribution is -2.30. The van der Waals surface area contributed by atoms with E-state index in [-0.39, 0.29) is 4.90 Å². The highest BCUT2D eigenvalue weighted by Gasteiger charge is 2.21. The molecule has 8 nitrogen and oxygen atoms in total. The molecule has 0 aliphatic carbocycles. The van der Waals surface area contributed by atoms with E-state index in [0.717, 1.165) is 16.6 Å². The average molecular weight is 492 g/mol. The second-order valence-corrected chi connectivity index (χ2v) is 10.2. The second-order valence-electron chi connectivity index (χ2n) is 7.24. The summed E-state index contributed by atoms with van der Waals surface area (Å²) >= 11 is 1.39. The third-order valence-electron chi connectivity index (χ3n) is 5.28. The Morgan fingerprint density at radius 3 is 2.18 bits per heavy atom. The molecule has 0 unspecified atom stereocenters. The zero-order valence-corrected chi connectivity index (χ0v) is 21.1. The van der Waals surface area contributed by atoms with E-state index in [4.69, 9.17) is 9.47 Å². The number of methoxy groups -OCH3 is 2. The molecule has 0 aliphatic rings. The fraction of sp³-hybridized carbons (Fsp3) is 0.391. The summed E-state index contributed by atoms with van der Waals surface area (Å²) in [7, 11) is -0.419. The van der Waals surface area contributed by atoms with E-state index in [2.05, 4.69) is 11.9 Å². The highest BCUT2D eigenvalue weighted by Crippen LogP contribution is 2.33. The Hall–Kier alpha value is -2.69. The Balaban J connectivity index is 2.03. The number of nitrogens with zero attached hydrogens (tertiary/aromatic N) is 3. The minimum absolute atomic E-state index is 0.157. The van der Waals surface area contributed by atoms with Gasteiger partial charge in [0.15, 0.2) is 16.3 Å². The van der Waals surface area contributed by atoms with Gasteiger partial charge in [-0.05, 0) is 30.7 Å². The third kappa shape index (κ3) is 4.97. The molecule has 1 heterocycles. The molecule has 0 aliphatic heterocycles. The molecule has 10 heteroatoms. The van der Waals surface area contributed by atoms with Gasteiger partial charge in [0.25, 0.3) is 5.91 Å². The van der Waals surface area contributed by atoms with Crippen molar-refractivity contribution in [1.82, 2.24) is 8.87 Å². The molecule has 33 heavy (non-hydrogen) atoms. The zero-order valence-electron chi connectivity index (χ0n) is 19.5. The van der Waals surface area contributed by atoms with Crippen LogP contribution in [-0.2, 0) is 16.6 Å². The summed E-state index contributed by atoms with van der Waals surface area (Å²) < 4.78 is 40.5. The average Bonchev–Trinajstić information content (AvgIpc) is 3.14. The van der Waals surface area contributed by atoms with Crippen LogP contribution in [0.1, 0.15) is 37.6 Å². The summed E-state index contributed by atoms with van der Waals surface area (Å²) in [5, 5.41) is 0. The Morgan fingerprint density at radius 2 is 1.64 bits per heavy atom. The second kappa shape index (κ2) is 10.5. The van der Waals surface area contributed by atoms with Crippen molar-refractivity contribution in [2.24, 2.45) is 4.99 Å².